The van der Waals surface area contributed by atoms with Gasteiger partial charge in [0.25, 0.3) is 5.91 Å². The fraction of sp³-hybridized carbons (Fsp3) is 0.667. The molecular weight excluding hydrogens is 214 g/mol. The zero-order chi connectivity index (χ0) is 12.4. The molecule has 0 radical (unpaired) electrons. The summed E-state index contributed by atoms with van der Waals surface area (Å²) >= 11 is 0. The molecule has 0 aliphatic rings. The number of esters is 1. The Labute approximate surface area is 93.9 Å². The van der Waals surface area contributed by atoms with Crippen LogP contribution in [0.25, 0.3) is 0 Å². The Morgan fingerprint density at radius 2 is 1.88 bits per heavy atom. The van der Waals surface area contributed by atoms with Gasteiger partial charge in [-0.15, -0.1) is 0 Å². The van der Waals surface area contributed by atoms with Crippen molar-refractivity contribution in [3.05, 3.63) is 0 Å². The molecule has 0 aliphatic carbocycles. The maximum atomic E-state index is 11.0. The van der Waals surface area contributed by atoms with E-state index in [0.29, 0.717) is 13.2 Å². The lowest BCUT2D eigenvalue weighted by Gasteiger charge is -2.06. The maximum Gasteiger partial charge on any atom is 0.307 e. The SMILES string of the molecule is CCOC(=O)CCNCC(=O)NNC(C)=O. The Bertz CT molecular complexity index is 255. The molecule has 0 aromatic carbocycles. The Morgan fingerprint density at radius 3 is 2.44 bits per heavy atom. The summed E-state index contributed by atoms with van der Waals surface area (Å²) < 4.78 is 4.69. The van der Waals surface area contributed by atoms with Crippen molar-refractivity contribution in [3.8, 4) is 0 Å². The van der Waals surface area contributed by atoms with E-state index in [4.69, 9.17) is 4.74 Å². The minimum absolute atomic E-state index is 0.0275. The van der Waals surface area contributed by atoms with E-state index in [2.05, 4.69) is 16.2 Å². The van der Waals surface area contributed by atoms with E-state index >= 15 is 0 Å². The van der Waals surface area contributed by atoms with Gasteiger partial charge < -0.3 is 10.1 Å². The van der Waals surface area contributed by atoms with Crippen LogP contribution in [0.2, 0.25) is 0 Å². The Hall–Kier alpha value is -1.63. The summed E-state index contributed by atoms with van der Waals surface area (Å²) in [5.74, 6) is -1.03. The molecule has 7 nitrogen and oxygen atoms in total. The second-order valence-electron chi connectivity index (χ2n) is 2.96. The highest BCUT2D eigenvalue weighted by molar-refractivity contribution is 5.81. The largest absolute Gasteiger partial charge is 0.466 e. The first-order valence-electron chi connectivity index (χ1n) is 4.98. The van der Waals surface area contributed by atoms with Gasteiger partial charge in [0.1, 0.15) is 0 Å². The molecule has 0 heterocycles. The second-order valence-corrected chi connectivity index (χ2v) is 2.96. The van der Waals surface area contributed by atoms with Crippen LogP contribution in [-0.4, -0.2) is 37.5 Å². The molecule has 0 fully saturated rings. The number of amides is 2. The summed E-state index contributed by atoms with van der Waals surface area (Å²) in [6, 6.07) is 0. The third-order valence-electron chi connectivity index (χ3n) is 1.47. The molecule has 2 amide bonds. The number of rotatable bonds is 6. The lowest BCUT2D eigenvalue weighted by Crippen LogP contribution is -2.44. The molecule has 0 bridgehead atoms. The van der Waals surface area contributed by atoms with Gasteiger partial charge in [0.05, 0.1) is 19.6 Å². The average Bonchev–Trinajstić information content (AvgIpc) is 2.22. The summed E-state index contributed by atoms with van der Waals surface area (Å²) in [6.07, 6.45) is 0.210. The first kappa shape index (κ1) is 14.4. The number of hydrazine groups is 1. The van der Waals surface area contributed by atoms with Crippen LogP contribution in [0, 0.1) is 0 Å². The molecule has 0 aromatic heterocycles. The van der Waals surface area contributed by atoms with Crippen molar-refractivity contribution in [2.75, 3.05) is 19.7 Å². The van der Waals surface area contributed by atoms with Gasteiger partial charge in [0.15, 0.2) is 0 Å². The summed E-state index contributed by atoms with van der Waals surface area (Å²) in [6.45, 7) is 3.74. The van der Waals surface area contributed by atoms with E-state index in [9.17, 15) is 14.4 Å². The summed E-state index contributed by atoms with van der Waals surface area (Å²) in [4.78, 5) is 32.3. The number of hydrogen-bond donors (Lipinski definition) is 3. The second kappa shape index (κ2) is 8.66. The molecule has 3 N–H and O–H groups in total. The monoisotopic (exact) mass is 231 g/mol. The van der Waals surface area contributed by atoms with Gasteiger partial charge >= 0.3 is 5.97 Å². The minimum Gasteiger partial charge on any atom is -0.466 e. The third kappa shape index (κ3) is 8.95. The molecule has 0 unspecified atom stereocenters. The van der Waals surface area contributed by atoms with Crippen molar-refractivity contribution in [3.63, 3.8) is 0 Å². The van der Waals surface area contributed by atoms with Crippen molar-refractivity contribution in [2.45, 2.75) is 20.3 Å². The first-order chi connectivity index (χ1) is 7.56. The quantitative estimate of drug-likeness (QED) is 0.300. The van der Waals surface area contributed by atoms with Crippen molar-refractivity contribution in [2.24, 2.45) is 0 Å². The lowest BCUT2D eigenvalue weighted by atomic mass is 10.4. The molecule has 0 rings (SSSR count). The number of nitrogens with one attached hydrogen (secondary N) is 3. The van der Waals surface area contributed by atoms with Gasteiger partial charge in [0, 0.05) is 13.5 Å². The molecule has 92 valence electrons. The van der Waals surface area contributed by atoms with Crippen LogP contribution in [0.5, 0.6) is 0 Å². The molecular formula is C9H17N3O4. The minimum atomic E-state index is -0.376. The van der Waals surface area contributed by atoms with E-state index < -0.39 is 0 Å². The first-order valence-corrected chi connectivity index (χ1v) is 4.98. The molecule has 0 spiro atoms. The van der Waals surface area contributed by atoms with Crippen LogP contribution in [0.15, 0.2) is 0 Å². The van der Waals surface area contributed by atoms with Crippen molar-refractivity contribution >= 4 is 17.8 Å². The average molecular weight is 231 g/mol. The van der Waals surface area contributed by atoms with Gasteiger partial charge in [-0.3, -0.25) is 25.2 Å². The van der Waals surface area contributed by atoms with Gasteiger partial charge in [-0.05, 0) is 6.92 Å². The molecule has 0 saturated heterocycles. The number of ether oxygens (including phenoxy) is 1. The normalized spacial score (nSPS) is 9.38. The number of carbonyl (C=O) groups is 3. The smallest absolute Gasteiger partial charge is 0.307 e. The Morgan fingerprint density at radius 1 is 1.19 bits per heavy atom. The van der Waals surface area contributed by atoms with Crippen LogP contribution < -0.4 is 16.2 Å². The van der Waals surface area contributed by atoms with Crippen LogP contribution in [0.1, 0.15) is 20.3 Å². The molecule has 7 heteroatoms. The van der Waals surface area contributed by atoms with E-state index in [1.807, 2.05) is 0 Å². The summed E-state index contributed by atoms with van der Waals surface area (Å²) in [5, 5.41) is 2.73. The number of carbonyl (C=O) groups excluding carboxylic acids is 3. The van der Waals surface area contributed by atoms with Crippen LogP contribution in [0.3, 0.4) is 0 Å². The molecule has 0 atom stereocenters. The number of hydrogen-bond acceptors (Lipinski definition) is 5. The summed E-state index contributed by atoms with van der Waals surface area (Å²) in [7, 11) is 0. The fourth-order valence-corrected chi connectivity index (χ4v) is 0.827. The molecule has 16 heavy (non-hydrogen) atoms. The van der Waals surface area contributed by atoms with Crippen LogP contribution >= 0.6 is 0 Å². The van der Waals surface area contributed by atoms with Crippen molar-refractivity contribution in [1.82, 2.24) is 16.2 Å². The predicted octanol–water partition coefficient (Wildman–Crippen LogP) is -1.30. The molecule has 0 aromatic rings. The predicted molar refractivity (Wildman–Crippen MR) is 56.1 cm³/mol. The van der Waals surface area contributed by atoms with Gasteiger partial charge in [0.2, 0.25) is 5.91 Å². The highest BCUT2D eigenvalue weighted by Crippen LogP contribution is 1.83. The lowest BCUT2D eigenvalue weighted by molar-refractivity contribution is -0.143. The highest BCUT2D eigenvalue weighted by Gasteiger charge is 2.03. The Kier molecular flexibility index (Phi) is 7.78. The standard InChI is InChI=1S/C9H17N3O4/c1-3-16-9(15)4-5-10-6-8(14)12-11-7(2)13/h10H,3-6H2,1-2H3,(H,11,13)(H,12,14). The van der Waals surface area contributed by atoms with Crippen molar-refractivity contribution in [1.29, 1.82) is 0 Å². The Balaban J connectivity index is 3.40. The van der Waals surface area contributed by atoms with E-state index in [1.165, 1.54) is 6.92 Å². The topological polar surface area (TPSA) is 96.5 Å². The van der Waals surface area contributed by atoms with Crippen LogP contribution in [0.4, 0.5) is 0 Å². The fourth-order valence-electron chi connectivity index (χ4n) is 0.827. The van der Waals surface area contributed by atoms with Gasteiger partial charge in [-0.25, -0.2) is 0 Å². The van der Waals surface area contributed by atoms with E-state index in [0.717, 1.165) is 0 Å². The van der Waals surface area contributed by atoms with Crippen molar-refractivity contribution < 1.29 is 19.1 Å². The zero-order valence-corrected chi connectivity index (χ0v) is 9.46. The van der Waals surface area contributed by atoms with E-state index in [1.54, 1.807) is 6.92 Å². The van der Waals surface area contributed by atoms with E-state index in [-0.39, 0.29) is 30.7 Å². The summed E-state index contributed by atoms with van der Waals surface area (Å²) in [5.41, 5.74) is 4.32. The van der Waals surface area contributed by atoms with Crippen LogP contribution in [-0.2, 0) is 19.1 Å². The van der Waals surface area contributed by atoms with Gasteiger partial charge in [-0.1, -0.05) is 0 Å². The molecule has 0 aliphatic heterocycles. The zero-order valence-electron chi connectivity index (χ0n) is 9.46. The van der Waals surface area contributed by atoms with Gasteiger partial charge in [-0.2, -0.15) is 0 Å². The third-order valence-corrected chi connectivity index (χ3v) is 1.47. The highest BCUT2D eigenvalue weighted by atomic mass is 16.5. The maximum absolute atomic E-state index is 11.0. The molecule has 0 saturated carbocycles.